The van der Waals surface area contributed by atoms with Gasteiger partial charge in [-0.3, -0.25) is 4.98 Å². The zero-order valence-electron chi connectivity index (χ0n) is 9.36. The first kappa shape index (κ1) is 10.6. The first-order chi connectivity index (χ1) is 8.24. The minimum atomic E-state index is 0.684. The number of anilines is 1. The van der Waals surface area contributed by atoms with E-state index in [4.69, 9.17) is 17.3 Å². The van der Waals surface area contributed by atoms with E-state index in [1.54, 1.807) is 0 Å². The molecule has 1 aromatic carbocycles. The average Bonchev–Trinajstić information content (AvgIpc) is 3.14. The lowest BCUT2D eigenvalue weighted by atomic mass is 10.1. The minimum absolute atomic E-state index is 0.684. The van der Waals surface area contributed by atoms with Gasteiger partial charge in [0.05, 0.1) is 11.4 Å². The van der Waals surface area contributed by atoms with Crippen LogP contribution < -0.4 is 5.73 Å². The van der Waals surface area contributed by atoms with Gasteiger partial charge < -0.3 is 5.73 Å². The van der Waals surface area contributed by atoms with Gasteiger partial charge in [0.15, 0.2) is 0 Å². The van der Waals surface area contributed by atoms with Gasteiger partial charge in [0.25, 0.3) is 0 Å². The van der Waals surface area contributed by atoms with Crippen LogP contribution in [0.15, 0.2) is 36.5 Å². The van der Waals surface area contributed by atoms with Crippen LogP contribution in [0.4, 0.5) is 5.69 Å². The lowest BCUT2D eigenvalue weighted by molar-refractivity contribution is 1.10. The molecule has 1 aliphatic carbocycles. The average molecular weight is 245 g/mol. The van der Waals surface area contributed by atoms with E-state index < -0.39 is 0 Å². The molecule has 1 aromatic heterocycles. The molecule has 2 nitrogen and oxygen atoms in total. The van der Waals surface area contributed by atoms with E-state index in [2.05, 4.69) is 11.1 Å². The van der Waals surface area contributed by atoms with Crippen molar-refractivity contribution in [2.45, 2.75) is 18.8 Å². The van der Waals surface area contributed by atoms with Gasteiger partial charge in [-0.2, -0.15) is 0 Å². The summed E-state index contributed by atoms with van der Waals surface area (Å²) in [6, 6.07) is 9.64. The van der Waals surface area contributed by atoms with Crippen molar-refractivity contribution in [2.75, 3.05) is 5.73 Å². The maximum Gasteiger partial charge on any atom is 0.0931 e. The van der Waals surface area contributed by atoms with Gasteiger partial charge in [0.1, 0.15) is 0 Å². The summed E-state index contributed by atoms with van der Waals surface area (Å²) >= 11 is 5.86. The molecule has 3 heteroatoms. The van der Waals surface area contributed by atoms with Crippen molar-refractivity contribution in [1.29, 1.82) is 0 Å². The van der Waals surface area contributed by atoms with Crippen molar-refractivity contribution in [3.8, 4) is 11.3 Å². The number of pyridine rings is 1. The fourth-order valence-electron chi connectivity index (χ4n) is 1.99. The Bertz CT molecular complexity index is 545. The van der Waals surface area contributed by atoms with E-state index in [0.29, 0.717) is 5.92 Å². The van der Waals surface area contributed by atoms with Crippen LogP contribution in [0.2, 0.25) is 5.02 Å². The monoisotopic (exact) mass is 244 g/mol. The number of nitrogens with zero attached hydrogens (tertiary/aromatic N) is 1. The van der Waals surface area contributed by atoms with Crippen LogP contribution in [0.1, 0.15) is 24.3 Å². The fourth-order valence-corrected chi connectivity index (χ4v) is 2.11. The summed E-state index contributed by atoms with van der Waals surface area (Å²) < 4.78 is 0. The van der Waals surface area contributed by atoms with Crippen LogP contribution in [-0.4, -0.2) is 4.98 Å². The third-order valence-electron chi connectivity index (χ3n) is 3.10. The van der Waals surface area contributed by atoms with E-state index in [1.165, 1.54) is 18.4 Å². The number of nitrogen functional groups attached to an aromatic ring is 1. The second kappa shape index (κ2) is 4.04. The van der Waals surface area contributed by atoms with Crippen LogP contribution in [-0.2, 0) is 0 Å². The van der Waals surface area contributed by atoms with Crippen LogP contribution in [0.5, 0.6) is 0 Å². The second-order valence-corrected chi connectivity index (χ2v) is 4.92. The molecule has 0 radical (unpaired) electrons. The second-order valence-electron chi connectivity index (χ2n) is 4.49. The molecule has 3 rings (SSSR count). The molecule has 0 bridgehead atoms. The quantitative estimate of drug-likeness (QED) is 0.871. The Hall–Kier alpha value is -1.54. The van der Waals surface area contributed by atoms with Crippen molar-refractivity contribution >= 4 is 17.3 Å². The lowest BCUT2D eigenvalue weighted by Gasteiger charge is -2.07. The third kappa shape index (κ3) is 2.13. The fraction of sp³-hybridized carbons (Fsp3) is 0.214. The Kier molecular flexibility index (Phi) is 2.52. The standard InChI is InChI=1S/C14H13ClN2/c15-12-5-3-10(4-6-12)14-13(16)7-11(8-17-14)9-1-2-9/h3-9H,1-2,16H2. The summed E-state index contributed by atoms with van der Waals surface area (Å²) in [5.41, 5.74) is 9.92. The van der Waals surface area contributed by atoms with Crippen LogP contribution in [0.25, 0.3) is 11.3 Å². The zero-order chi connectivity index (χ0) is 11.8. The molecular formula is C14H13ClN2. The van der Waals surface area contributed by atoms with Crippen molar-refractivity contribution in [1.82, 2.24) is 4.98 Å². The highest BCUT2D eigenvalue weighted by Crippen LogP contribution is 2.41. The van der Waals surface area contributed by atoms with Gasteiger partial charge in [-0.1, -0.05) is 23.7 Å². The third-order valence-corrected chi connectivity index (χ3v) is 3.36. The van der Waals surface area contributed by atoms with Gasteiger partial charge in [0, 0.05) is 16.8 Å². The molecule has 1 fully saturated rings. The van der Waals surface area contributed by atoms with Gasteiger partial charge in [0.2, 0.25) is 0 Å². The molecule has 0 unspecified atom stereocenters. The summed E-state index contributed by atoms with van der Waals surface area (Å²) in [6.07, 6.45) is 4.47. The SMILES string of the molecule is Nc1cc(C2CC2)cnc1-c1ccc(Cl)cc1. The van der Waals surface area contributed by atoms with Crippen LogP contribution in [0, 0.1) is 0 Å². The molecule has 1 aliphatic rings. The minimum Gasteiger partial charge on any atom is -0.397 e. The van der Waals surface area contributed by atoms with Crippen LogP contribution in [0.3, 0.4) is 0 Å². The summed E-state index contributed by atoms with van der Waals surface area (Å²) in [6.45, 7) is 0. The molecule has 0 spiro atoms. The molecule has 0 amide bonds. The molecule has 2 aromatic rings. The van der Waals surface area contributed by atoms with E-state index in [1.807, 2.05) is 30.5 Å². The van der Waals surface area contributed by atoms with Crippen LogP contribution >= 0.6 is 11.6 Å². The predicted molar refractivity (Wildman–Crippen MR) is 71.1 cm³/mol. The van der Waals surface area contributed by atoms with Gasteiger partial charge in [-0.15, -0.1) is 0 Å². The Morgan fingerprint density at radius 1 is 1.18 bits per heavy atom. The Morgan fingerprint density at radius 3 is 2.47 bits per heavy atom. The highest BCUT2D eigenvalue weighted by atomic mass is 35.5. The molecule has 0 atom stereocenters. The molecule has 1 saturated carbocycles. The van der Waals surface area contributed by atoms with Gasteiger partial charge >= 0.3 is 0 Å². The van der Waals surface area contributed by atoms with Crippen molar-refractivity contribution in [3.63, 3.8) is 0 Å². The van der Waals surface area contributed by atoms with E-state index in [9.17, 15) is 0 Å². The topological polar surface area (TPSA) is 38.9 Å². The van der Waals surface area contributed by atoms with E-state index in [0.717, 1.165) is 22.0 Å². The molecular weight excluding hydrogens is 232 g/mol. The zero-order valence-corrected chi connectivity index (χ0v) is 10.1. The first-order valence-corrected chi connectivity index (χ1v) is 6.13. The van der Waals surface area contributed by atoms with Crippen molar-refractivity contribution in [3.05, 3.63) is 47.1 Å². The predicted octanol–water partition coefficient (Wildman–Crippen LogP) is 3.86. The van der Waals surface area contributed by atoms with E-state index in [-0.39, 0.29) is 0 Å². The normalized spacial score (nSPS) is 14.9. The Balaban J connectivity index is 1.99. The highest BCUT2D eigenvalue weighted by molar-refractivity contribution is 6.30. The molecule has 1 heterocycles. The van der Waals surface area contributed by atoms with Gasteiger partial charge in [-0.25, -0.2) is 0 Å². The molecule has 0 saturated heterocycles. The maximum absolute atomic E-state index is 6.06. The summed E-state index contributed by atoms with van der Waals surface area (Å²) in [7, 11) is 0. The van der Waals surface area contributed by atoms with Crippen molar-refractivity contribution < 1.29 is 0 Å². The number of hydrogen-bond acceptors (Lipinski definition) is 2. The van der Waals surface area contributed by atoms with Gasteiger partial charge in [-0.05, 0) is 42.5 Å². The summed E-state index contributed by atoms with van der Waals surface area (Å²) in [5, 5.41) is 0.724. The lowest BCUT2D eigenvalue weighted by Crippen LogP contribution is -1.95. The first-order valence-electron chi connectivity index (χ1n) is 5.75. The molecule has 0 aliphatic heterocycles. The number of halogens is 1. The summed E-state index contributed by atoms with van der Waals surface area (Å²) in [5.74, 6) is 0.684. The maximum atomic E-state index is 6.06. The summed E-state index contributed by atoms with van der Waals surface area (Å²) in [4.78, 5) is 4.47. The number of hydrogen-bond donors (Lipinski definition) is 1. The number of aromatic nitrogens is 1. The molecule has 17 heavy (non-hydrogen) atoms. The highest BCUT2D eigenvalue weighted by Gasteiger charge is 2.24. The number of nitrogens with two attached hydrogens (primary N) is 1. The molecule has 2 N–H and O–H groups in total. The number of benzene rings is 1. The molecule has 86 valence electrons. The number of rotatable bonds is 2. The largest absolute Gasteiger partial charge is 0.397 e. The smallest absolute Gasteiger partial charge is 0.0931 e. The Morgan fingerprint density at radius 2 is 1.88 bits per heavy atom. The van der Waals surface area contributed by atoms with E-state index >= 15 is 0 Å². The van der Waals surface area contributed by atoms with Crippen molar-refractivity contribution in [2.24, 2.45) is 0 Å². The Labute approximate surface area is 105 Å².